The minimum Gasteiger partial charge on any atom is -0.270 e. The van der Waals surface area contributed by atoms with Crippen LogP contribution in [-0.2, 0) is 11.3 Å². The highest BCUT2D eigenvalue weighted by atomic mass is 16.2. The molecule has 8 nitrogen and oxygen atoms in total. The average Bonchev–Trinajstić information content (AvgIpc) is 2.96. The molecule has 1 N–H and O–H groups in total. The summed E-state index contributed by atoms with van der Waals surface area (Å²) in [5.74, 6) is 0.806. The number of aromatic nitrogens is 1. The van der Waals surface area contributed by atoms with Gasteiger partial charge in [0.05, 0.1) is 13.1 Å². The number of carbonyl (C=O) groups is 2. The Hall–Kier alpha value is -2.77. The van der Waals surface area contributed by atoms with Crippen LogP contribution in [0.25, 0.3) is 0 Å². The molecule has 2 aliphatic rings. The van der Waals surface area contributed by atoms with Gasteiger partial charge in [-0.1, -0.05) is 11.1 Å². The molecule has 1 aromatic heterocycles. The average molecular weight is 315 g/mol. The van der Waals surface area contributed by atoms with Gasteiger partial charge in [-0.2, -0.15) is 0 Å². The summed E-state index contributed by atoms with van der Waals surface area (Å²) in [6.45, 7) is 3.10. The van der Waals surface area contributed by atoms with Gasteiger partial charge in [0.15, 0.2) is 0 Å². The first kappa shape index (κ1) is 15.1. The number of likely N-dealkylation sites (N-methyl/N-ethyl adjacent to an activating group) is 3. The zero-order chi connectivity index (χ0) is 16.6. The molecule has 0 aromatic carbocycles. The summed E-state index contributed by atoms with van der Waals surface area (Å²) < 4.78 is 1.87. The molecule has 0 aliphatic carbocycles. The van der Waals surface area contributed by atoms with Crippen molar-refractivity contribution in [3.8, 4) is 0 Å². The van der Waals surface area contributed by atoms with Gasteiger partial charge in [0.1, 0.15) is 0 Å². The fourth-order valence-electron chi connectivity index (χ4n) is 2.76. The summed E-state index contributed by atoms with van der Waals surface area (Å²) in [7, 11) is 3.13. The second kappa shape index (κ2) is 5.79. The molecular weight excluding hydrogens is 296 g/mol. The molecule has 0 spiro atoms. The molecule has 23 heavy (non-hydrogen) atoms. The maximum absolute atomic E-state index is 12.5. The lowest BCUT2D eigenvalue weighted by Crippen LogP contribution is -2.61. The maximum atomic E-state index is 12.5. The summed E-state index contributed by atoms with van der Waals surface area (Å²) in [6.07, 6.45) is 3.49. The van der Waals surface area contributed by atoms with Crippen LogP contribution in [-0.4, -0.2) is 69.8 Å². The number of guanidine groups is 1. The summed E-state index contributed by atoms with van der Waals surface area (Å²) in [5, 5.41) is 3.23. The lowest BCUT2D eigenvalue weighted by molar-refractivity contribution is -0.533. The number of amidine groups is 1. The number of hydrogen-bond acceptors (Lipinski definition) is 5. The SMILES string of the molecule is CC[N+]1=C(NCc2cccnc2)N=C2C1C(=O)N(C)C(=O)N2C. The van der Waals surface area contributed by atoms with Crippen LogP contribution in [0, 0.1) is 0 Å². The second-order valence-electron chi connectivity index (χ2n) is 5.44. The molecule has 1 aromatic rings. The Labute approximate surface area is 134 Å². The lowest BCUT2D eigenvalue weighted by atomic mass is 10.1. The summed E-state index contributed by atoms with van der Waals surface area (Å²) in [6, 6.07) is 2.91. The number of carbonyl (C=O) groups excluding carboxylic acids is 2. The first-order valence-electron chi connectivity index (χ1n) is 7.44. The third-order valence-corrected chi connectivity index (χ3v) is 4.04. The van der Waals surface area contributed by atoms with E-state index in [1.54, 1.807) is 19.4 Å². The van der Waals surface area contributed by atoms with Gasteiger partial charge in [0.2, 0.25) is 11.9 Å². The lowest BCUT2D eigenvalue weighted by Gasteiger charge is -2.31. The van der Waals surface area contributed by atoms with E-state index in [4.69, 9.17) is 0 Å². The van der Waals surface area contributed by atoms with Crippen molar-refractivity contribution in [3.05, 3.63) is 30.1 Å². The molecule has 3 amide bonds. The van der Waals surface area contributed by atoms with Gasteiger partial charge in [-0.15, -0.1) is 0 Å². The maximum Gasteiger partial charge on any atom is 0.390 e. The van der Waals surface area contributed by atoms with Crippen molar-refractivity contribution in [2.24, 2.45) is 4.99 Å². The van der Waals surface area contributed by atoms with E-state index in [2.05, 4.69) is 15.3 Å². The van der Waals surface area contributed by atoms with E-state index >= 15 is 0 Å². The minimum atomic E-state index is -0.552. The number of imide groups is 1. The van der Waals surface area contributed by atoms with Crippen LogP contribution >= 0.6 is 0 Å². The molecule has 2 aliphatic heterocycles. The minimum absolute atomic E-state index is 0.258. The number of nitrogens with zero attached hydrogens (tertiary/aromatic N) is 5. The van der Waals surface area contributed by atoms with Crippen LogP contribution in [0.5, 0.6) is 0 Å². The Bertz CT molecular complexity index is 712. The number of amides is 3. The smallest absolute Gasteiger partial charge is 0.270 e. The fraction of sp³-hybridized carbons (Fsp3) is 0.400. The number of urea groups is 1. The molecule has 1 unspecified atom stereocenters. The van der Waals surface area contributed by atoms with Gasteiger partial charge in [0.25, 0.3) is 5.91 Å². The second-order valence-corrected chi connectivity index (χ2v) is 5.44. The largest absolute Gasteiger partial charge is 0.390 e. The molecule has 3 rings (SSSR count). The molecule has 8 heteroatoms. The molecule has 120 valence electrons. The normalized spacial score (nSPS) is 20.8. The van der Waals surface area contributed by atoms with Crippen LogP contribution < -0.4 is 5.32 Å². The number of aliphatic imine (C=N–C) groups is 1. The van der Waals surface area contributed by atoms with Crippen LogP contribution in [0.2, 0.25) is 0 Å². The van der Waals surface area contributed by atoms with Gasteiger partial charge >= 0.3 is 12.0 Å². The van der Waals surface area contributed by atoms with E-state index in [0.29, 0.717) is 24.9 Å². The molecule has 0 saturated carbocycles. The molecule has 1 fully saturated rings. The number of pyridine rings is 1. The van der Waals surface area contributed by atoms with E-state index in [-0.39, 0.29) is 11.9 Å². The van der Waals surface area contributed by atoms with E-state index in [9.17, 15) is 9.59 Å². The van der Waals surface area contributed by atoms with Crippen LogP contribution in [0.4, 0.5) is 4.79 Å². The van der Waals surface area contributed by atoms with Gasteiger partial charge in [-0.25, -0.2) is 9.37 Å². The Morgan fingerprint density at radius 3 is 2.74 bits per heavy atom. The highest BCUT2D eigenvalue weighted by Gasteiger charge is 2.50. The molecular formula is C15H19N6O2+. The van der Waals surface area contributed by atoms with Crippen molar-refractivity contribution in [1.29, 1.82) is 0 Å². The van der Waals surface area contributed by atoms with E-state index in [0.717, 1.165) is 10.5 Å². The van der Waals surface area contributed by atoms with E-state index < -0.39 is 6.04 Å². The first-order valence-corrected chi connectivity index (χ1v) is 7.44. The van der Waals surface area contributed by atoms with Crippen molar-refractivity contribution in [2.75, 3.05) is 20.6 Å². The Morgan fingerprint density at radius 2 is 2.09 bits per heavy atom. The predicted octanol–water partition coefficient (Wildman–Crippen LogP) is -0.136. The molecule has 3 heterocycles. The standard InChI is InChI=1S/C15H18N6O2/c1-4-21-11-12(19(2)15(23)20(3)13(11)22)18-14(21)17-9-10-6-5-7-16-8-10/h5-8,11H,4,9H2,1-3H3/p+1. The van der Waals surface area contributed by atoms with Gasteiger partial charge in [-0.3, -0.25) is 24.9 Å². The Morgan fingerprint density at radius 1 is 1.30 bits per heavy atom. The number of hydrogen-bond donors (Lipinski definition) is 1. The highest BCUT2D eigenvalue weighted by Crippen LogP contribution is 2.18. The van der Waals surface area contributed by atoms with Gasteiger partial charge in [-0.05, 0) is 13.0 Å². The third kappa shape index (κ3) is 2.45. The zero-order valence-corrected chi connectivity index (χ0v) is 13.4. The van der Waals surface area contributed by atoms with Crippen LogP contribution in [0.3, 0.4) is 0 Å². The van der Waals surface area contributed by atoms with Crippen molar-refractivity contribution in [3.63, 3.8) is 0 Å². The monoisotopic (exact) mass is 315 g/mol. The van der Waals surface area contributed by atoms with Crippen molar-refractivity contribution in [2.45, 2.75) is 19.5 Å². The third-order valence-electron chi connectivity index (χ3n) is 4.04. The topological polar surface area (TPSA) is 80.9 Å². The summed E-state index contributed by atoms with van der Waals surface area (Å²) >= 11 is 0. The first-order chi connectivity index (χ1) is 11.0. The van der Waals surface area contributed by atoms with Crippen LogP contribution in [0.15, 0.2) is 29.5 Å². The fourth-order valence-corrected chi connectivity index (χ4v) is 2.76. The number of nitrogens with one attached hydrogen (secondary N) is 1. The highest BCUT2D eigenvalue weighted by molar-refractivity contribution is 6.22. The van der Waals surface area contributed by atoms with Gasteiger partial charge in [0, 0.05) is 32.1 Å². The number of rotatable bonds is 3. The molecule has 1 atom stereocenters. The van der Waals surface area contributed by atoms with E-state index in [1.165, 1.54) is 11.9 Å². The van der Waals surface area contributed by atoms with E-state index in [1.807, 2.05) is 23.6 Å². The van der Waals surface area contributed by atoms with Gasteiger partial charge < -0.3 is 0 Å². The summed E-state index contributed by atoms with van der Waals surface area (Å²) in [4.78, 5) is 35.6. The zero-order valence-electron chi connectivity index (χ0n) is 13.4. The quantitative estimate of drug-likeness (QED) is 0.788. The van der Waals surface area contributed by atoms with Crippen molar-refractivity contribution >= 4 is 23.7 Å². The summed E-state index contributed by atoms with van der Waals surface area (Å²) in [5.41, 5.74) is 1.01. The molecule has 0 bridgehead atoms. The Kier molecular flexibility index (Phi) is 3.81. The van der Waals surface area contributed by atoms with Crippen LogP contribution in [0.1, 0.15) is 12.5 Å². The Balaban J connectivity index is 1.88. The predicted molar refractivity (Wildman–Crippen MR) is 84.0 cm³/mol. The van der Waals surface area contributed by atoms with Crippen molar-refractivity contribution < 1.29 is 14.2 Å². The van der Waals surface area contributed by atoms with Crippen molar-refractivity contribution in [1.82, 2.24) is 20.1 Å². The number of fused-ring (bicyclic) bond motifs is 1. The molecule has 0 radical (unpaired) electrons. The molecule has 1 saturated heterocycles.